The molecular formula is C16H21NO3. The monoisotopic (exact) mass is 275 g/mol. The highest BCUT2D eigenvalue weighted by atomic mass is 16.5. The molecule has 1 aliphatic rings. The number of methoxy groups -OCH3 is 1. The maximum atomic E-state index is 12.5. The van der Waals surface area contributed by atoms with E-state index in [9.17, 15) is 9.59 Å². The van der Waals surface area contributed by atoms with E-state index >= 15 is 0 Å². The number of amides is 1. The number of ether oxygens (including phenoxy) is 1. The first-order chi connectivity index (χ1) is 9.49. The Morgan fingerprint density at radius 3 is 2.55 bits per heavy atom. The van der Waals surface area contributed by atoms with Crippen LogP contribution in [0.1, 0.15) is 37.3 Å². The summed E-state index contributed by atoms with van der Waals surface area (Å²) in [4.78, 5) is 23.7. The van der Waals surface area contributed by atoms with Crippen molar-refractivity contribution < 1.29 is 14.3 Å². The number of carbonyl (C=O) groups is 2. The second-order valence-electron chi connectivity index (χ2n) is 5.55. The Labute approximate surface area is 119 Å². The second kappa shape index (κ2) is 5.65. The van der Waals surface area contributed by atoms with Crippen LogP contribution in [0.3, 0.4) is 0 Å². The molecule has 1 N–H and O–H groups in total. The molecule has 1 atom stereocenters. The standard InChI is InChI=1S/C16H21NO3/c1-11-6-4-5-7-13(11)16(8-9-16)15(19)17-12(2)10-14(18)20-3/h4-7,12H,8-10H2,1-3H3,(H,17,19). The van der Waals surface area contributed by atoms with Gasteiger partial charge in [-0.3, -0.25) is 9.59 Å². The molecule has 0 bridgehead atoms. The molecule has 1 aromatic rings. The van der Waals surface area contributed by atoms with E-state index in [0.717, 1.165) is 24.0 Å². The predicted molar refractivity (Wildman–Crippen MR) is 76.3 cm³/mol. The van der Waals surface area contributed by atoms with Gasteiger partial charge in [-0.2, -0.15) is 0 Å². The topological polar surface area (TPSA) is 55.4 Å². The van der Waals surface area contributed by atoms with Gasteiger partial charge in [0.15, 0.2) is 0 Å². The van der Waals surface area contributed by atoms with Crippen molar-refractivity contribution in [2.24, 2.45) is 0 Å². The van der Waals surface area contributed by atoms with Crippen LogP contribution in [0.5, 0.6) is 0 Å². The lowest BCUT2D eigenvalue weighted by atomic mass is 9.91. The van der Waals surface area contributed by atoms with Gasteiger partial charge in [-0.15, -0.1) is 0 Å². The Balaban J connectivity index is 2.06. The number of nitrogens with one attached hydrogen (secondary N) is 1. The van der Waals surface area contributed by atoms with E-state index in [-0.39, 0.29) is 24.3 Å². The summed E-state index contributed by atoms with van der Waals surface area (Å²) in [7, 11) is 1.35. The van der Waals surface area contributed by atoms with Crippen molar-refractivity contribution in [2.45, 2.75) is 44.6 Å². The molecule has 2 rings (SSSR count). The number of aryl methyl sites for hydroxylation is 1. The Morgan fingerprint density at radius 2 is 2.00 bits per heavy atom. The molecule has 108 valence electrons. The number of benzene rings is 1. The van der Waals surface area contributed by atoms with Crippen molar-refractivity contribution in [1.29, 1.82) is 0 Å². The van der Waals surface area contributed by atoms with Gasteiger partial charge in [-0.1, -0.05) is 24.3 Å². The molecule has 4 nitrogen and oxygen atoms in total. The largest absolute Gasteiger partial charge is 0.469 e. The maximum absolute atomic E-state index is 12.5. The van der Waals surface area contributed by atoms with Gasteiger partial charge in [0.2, 0.25) is 5.91 Å². The minimum absolute atomic E-state index is 0.0169. The Hall–Kier alpha value is -1.84. The summed E-state index contributed by atoms with van der Waals surface area (Å²) >= 11 is 0. The van der Waals surface area contributed by atoms with Crippen molar-refractivity contribution in [3.8, 4) is 0 Å². The van der Waals surface area contributed by atoms with Crippen LogP contribution in [0.2, 0.25) is 0 Å². The first-order valence-electron chi connectivity index (χ1n) is 6.93. The average Bonchev–Trinajstić information content (AvgIpc) is 3.20. The van der Waals surface area contributed by atoms with Crippen LogP contribution in [0.25, 0.3) is 0 Å². The first-order valence-corrected chi connectivity index (χ1v) is 6.93. The fourth-order valence-electron chi connectivity index (χ4n) is 2.60. The summed E-state index contributed by atoms with van der Waals surface area (Å²) < 4.78 is 4.62. The molecule has 1 saturated carbocycles. The van der Waals surface area contributed by atoms with Gasteiger partial charge in [-0.25, -0.2) is 0 Å². The summed E-state index contributed by atoms with van der Waals surface area (Å²) in [5.41, 5.74) is 1.85. The fraction of sp³-hybridized carbons (Fsp3) is 0.500. The van der Waals surface area contributed by atoms with Crippen molar-refractivity contribution in [3.05, 3.63) is 35.4 Å². The number of hydrogen-bond acceptors (Lipinski definition) is 3. The third-order valence-electron chi connectivity index (χ3n) is 3.92. The third kappa shape index (κ3) is 2.84. The van der Waals surface area contributed by atoms with Crippen LogP contribution >= 0.6 is 0 Å². The molecule has 0 aliphatic heterocycles. The number of carbonyl (C=O) groups excluding carboxylic acids is 2. The summed E-state index contributed by atoms with van der Waals surface area (Å²) in [5.74, 6) is -0.290. The van der Waals surface area contributed by atoms with Crippen LogP contribution in [0, 0.1) is 6.92 Å². The quantitative estimate of drug-likeness (QED) is 0.837. The van der Waals surface area contributed by atoms with E-state index in [4.69, 9.17) is 0 Å². The van der Waals surface area contributed by atoms with Crippen LogP contribution in [0.4, 0.5) is 0 Å². The first kappa shape index (κ1) is 14.6. The van der Waals surface area contributed by atoms with Crippen molar-refractivity contribution in [1.82, 2.24) is 5.32 Å². The minimum Gasteiger partial charge on any atom is -0.469 e. The molecule has 0 saturated heterocycles. The fourth-order valence-corrected chi connectivity index (χ4v) is 2.60. The van der Waals surface area contributed by atoms with Gasteiger partial charge in [0.05, 0.1) is 18.9 Å². The number of esters is 1. The molecule has 1 fully saturated rings. The van der Waals surface area contributed by atoms with E-state index in [1.165, 1.54) is 7.11 Å². The highest BCUT2D eigenvalue weighted by Gasteiger charge is 2.52. The molecule has 1 aliphatic carbocycles. The van der Waals surface area contributed by atoms with Crippen molar-refractivity contribution in [3.63, 3.8) is 0 Å². The van der Waals surface area contributed by atoms with E-state index < -0.39 is 5.41 Å². The van der Waals surface area contributed by atoms with Crippen LogP contribution < -0.4 is 5.32 Å². The zero-order chi connectivity index (χ0) is 14.8. The van der Waals surface area contributed by atoms with E-state index in [0.29, 0.717) is 0 Å². The lowest BCUT2D eigenvalue weighted by Crippen LogP contribution is -2.41. The molecule has 0 radical (unpaired) electrons. The zero-order valence-corrected chi connectivity index (χ0v) is 12.2. The molecule has 20 heavy (non-hydrogen) atoms. The molecule has 0 heterocycles. The van der Waals surface area contributed by atoms with Gasteiger partial charge in [0, 0.05) is 6.04 Å². The van der Waals surface area contributed by atoms with Gasteiger partial charge in [0.1, 0.15) is 0 Å². The average molecular weight is 275 g/mol. The predicted octanol–water partition coefficient (Wildman–Crippen LogP) is 2.09. The van der Waals surface area contributed by atoms with Crippen LogP contribution in [-0.2, 0) is 19.7 Å². The normalized spacial score (nSPS) is 17.1. The molecule has 1 amide bonds. The Kier molecular flexibility index (Phi) is 4.12. The summed E-state index contributed by atoms with van der Waals surface area (Å²) in [5, 5.41) is 2.93. The van der Waals surface area contributed by atoms with E-state index in [1.807, 2.05) is 38.1 Å². The molecule has 4 heteroatoms. The molecule has 1 aromatic carbocycles. The highest BCUT2D eigenvalue weighted by molar-refractivity contribution is 5.92. The summed E-state index contributed by atoms with van der Waals surface area (Å²) in [6.07, 6.45) is 1.94. The van der Waals surface area contributed by atoms with Crippen molar-refractivity contribution >= 4 is 11.9 Å². The van der Waals surface area contributed by atoms with E-state index in [2.05, 4.69) is 10.1 Å². The van der Waals surface area contributed by atoms with Gasteiger partial charge in [0.25, 0.3) is 0 Å². The summed E-state index contributed by atoms with van der Waals surface area (Å²) in [6, 6.07) is 7.78. The maximum Gasteiger partial charge on any atom is 0.307 e. The smallest absolute Gasteiger partial charge is 0.307 e. The van der Waals surface area contributed by atoms with Gasteiger partial charge in [-0.05, 0) is 37.8 Å². The summed E-state index contributed by atoms with van der Waals surface area (Å²) in [6.45, 7) is 3.85. The number of hydrogen-bond donors (Lipinski definition) is 1. The second-order valence-corrected chi connectivity index (χ2v) is 5.55. The third-order valence-corrected chi connectivity index (χ3v) is 3.92. The molecule has 0 spiro atoms. The molecule has 0 aromatic heterocycles. The van der Waals surface area contributed by atoms with E-state index in [1.54, 1.807) is 0 Å². The van der Waals surface area contributed by atoms with Gasteiger partial charge >= 0.3 is 5.97 Å². The van der Waals surface area contributed by atoms with Crippen molar-refractivity contribution in [2.75, 3.05) is 7.11 Å². The Morgan fingerprint density at radius 1 is 1.35 bits per heavy atom. The van der Waals surface area contributed by atoms with Crippen LogP contribution in [-0.4, -0.2) is 25.0 Å². The van der Waals surface area contributed by atoms with Gasteiger partial charge < -0.3 is 10.1 Å². The Bertz CT molecular complexity index is 520. The number of rotatable bonds is 5. The van der Waals surface area contributed by atoms with Crippen LogP contribution in [0.15, 0.2) is 24.3 Å². The minimum atomic E-state index is -0.393. The zero-order valence-electron chi connectivity index (χ0n) is 12.2. The highest BCUT2D eigenvalue weighted by Crippen LogP contribution is 2.49. The SMILES string of the molecule is COC(=O)CC(C)NC(=O)C1(c2ccccc2C)CC1. The molecular weight excluding hydrogens is 254 g/mol. The molecule has 1 unspecified atom stereocenters. The lowest BCUT2D eigenvalue weighted by Gasteiger charge is -2.21. The lowest BCUT2D eigenvalue weighted by molar-refractivity contribution is -0.141.